The van der Waals surface area contributed by atoms with E-state index in [1.807, 2.05) is 0 Å². The van der Waals surface area contributed by atoms with Gasteiger partial charge in [-0.05, 0) is 30.4 Å². The topological polar surface area (TPSA) is 110 Å². The first-order valence-electron chi connectivity index (χ1n) is 6.65. The van der Waals surface area contributed by atoms with Crippen LogP contribution in [0.4, 0.5) is 17.1 Å². The van der Waals surface area contributed by atoms with Crippen LogP contribution in [0.5, 0.6) is 0 Å². The fourth-order valence-electron chi connectivity index (χ4n) is 2.47. The highest BCUT2D eigenvalue weighted by Gasteiger charge is 2.29. The molecule has 1 saturated carbocycles. The average molecular weight is 276 g/mol. The van der Waals surface area contributed by atoms with Gasteiger partial charge in [0.15, 0.2) is 0 Å². The average Bonchev–Trinajstić information content (AvgIpc) is 3.17. The summed E-state index contributed by atoms with van der Waals surface area (Å²) in [6.07, 6.45) is 2.45. The Morgan fingerprint density at radius 2 is 2.25 bits per heavy atom. The summed E-state index contributed by atoms with van der Waals surface area (Å²) >= 11 is 0. The second-order valence-electron chi connectivity index (χ2n) is 5.39. The van der Waals surface area contributed by atoms with Gasteiger partial charge in [-0.15, -0.1) is 0 Å². The minimum Gasteiger partial charge on any atom is -0.378 e. The maximum Gasteiger partial charge on any atom is 0.292 e. The molecule has 1 aromatic carbocycles. The van der Waals surface area contributed by atoms with E-state index in [1.165, 1.54) is 6.07 Å². The zero-order valence-corrected chi connectivity index (χ0v) is 10.9. The number of nitrogens with two attached hydrogens (primary N) is 1. The number of nitrogens with zero attached hydrogens (tertiary/aromatic N) is 1. The van der Waals surface area contributed by atoms with Gasteiger partial charge in [0.25, 0.3) is 5.69 Å². The molecule has 106 valence electrons. The summed E-state index contributed by atoms with van der Waals surface area (Å²) < 4.78 is 0. The van der Waals surface area contributed by atoms with Crippen LogP contribution in [0.1, 0.15) is 18.4 Å². The van der Waals surface area contributed by atoms with Crippen LogP contribution in [-0.4, -0.2) is 23.4 Å². The van der Waals surface area contributed by atoms with E-state index in [4.69, 9.17) is 5.73 Å². The number of benzene rings is 1. The van der Waals surface area contributed by atoms with E-state index in [0.717, 1.165) is 12.8 Å². The lowest BCUT2D eigenvalue weighted by molar-refractivity contribution is -0.384. The van der Waals surface area contributed by atoms with E-state index in [2.05, 4.69) is 10.6 Å². The first kappa shape index (κ1) is 12.9. The van der Waals surface area contributed by atoms with Crippen molar-refractivity contribution in [2.75, 3.05) is 17.2 Å². The van der Waals surface area contributed by atoms with Crippen molar-refractivity contribution in [2.45, 2.75) is 25.3 Å². The summed E-state index contributed by atoms with van der Waals surface area (Å²) in [7, 11) is 0. The first-order valence-corrected chi connectivity index (χ1v) is 6.65. The van der Waals surface area contributed by atoms with Crippen LogP contribution in [0.25, 0.3) is 0 Å². The molecular weight excluding hydrogens is 260 g/mol. The molecule has 20 heavy (non-hydrogen) atoms. The Balaban J connectivity index is 1.82. The van der Waals surface area contributed by atoms with Gasteiger partial charge in [0.05, 0.1) is 11.3 Å². The Morgan fingerprint density at radius 1 is 1.50 bits per heavy atom. The van der Waals surface area contributed by atoms with Crippen molar-refractivity contribution >= 4 is 23.0 Å². The number of fused-ring (bicyclic) bond motifs is 1. The molecule has 7 heteroatoms. The summed E-state index contributed by atoms with van der Waals surface area (Å²) in [5, 5.41) is 16.9. The van der Waals surface area contributed by atoms with Gasteiger partial charge in [-0.1, -0.05) is 0 Å². The summed E-state index contributed by atoms with van der Waals surface area (Å²) in [5.74, 6) is 0.386. The number of carbonyl (C=O) groups is 1. The van der Waals surface area contributed by atoms with Gasteiger partial charge in [0.1, 0.15) is 5.69 Å². The Morgan fingerprint density at radius 3 is 2.90 bits per heavy atom. The van der Waals surface area contributed by atoms with Crippen LogP contribution in [0.2, 0.25) is 0 Å². The molecule has 0 bridgehead atoms. The Kier molecular flexibility index (Phi) is 3.06. The molecule has 1 unspecified atom stereocenters. The summed E-state index contributed by atoms with van der Waals surface area (Å²) in [6, 6.07) is 3.09. The molecule has 0 radical (unpaired) electrons. The third kappa shape index (κ3) is 2.44. The van der Waals surface area contributed by atoms with Crippen LogP contribution in [0, 0.1) is 16.0 Å². The minimum atomic E-state index is -0.436. The first-order chi connectivity index (χ1) is 9.54. The highest BCUT2D eigenvalue weighted by Crippen LogP contribution is 2.35. The highest BCUT2D eigenvalue weighted by atomic mass is 16.6. The molecule has 0 saturated heterocycles. The standard InChI is InChI=1S/C13H16N4O3/c14-9(7-1-2-7)6-15-11-5-10-8(4-13(18)16-10)3-12(11)17(19)20/h3,5,7,9,15H,1-2,4,6,14H2,(H,16,18). The molecule has 0 aromatic heterocycles. The monoisotopic (exact) mass is 276 g/mol. The number of hydrogen-bond donors (Lipinski definition) is 3. The maximum atomic E-state index is 11.3. The van der Waals surface area contributed by atoms with Crippen LogP contribution >= 0.6 is 0 Å². The van der Waals surface area contributed by atoms with Crippen LogP contribution < -0.4 is 16.4 Å². The number of anilines is 2. The SMILES string of the molecule is NC(CNc1cc2c(cc1[N+](=O)[O-])CC(=O)N2)C1CC1. The lowest BCUT2D eigenvalue weighted by atomic mass is 10.1. The van der Waals surface area contributed by atoms with Crippen molar-refractivity contribution in [2.24, 2.45) is 11.7 Å². The number of nitrogens with one attached hydrogen (secondary N) is 2. The third-order valence-electron chi connectivity index (χ3n) is 3.80. The second-order valence-corrected chi connectivity index (χ2v) is 5.39. The molecule has 4 N–H and O–H groups in total. The molecule has 1 aromatic rings. The molecule has 2 aliphatic rings. The smallest absolute Gasteiger partial charge is 0.292 e. The Bertz CT molecular complexity index is 583. The van der Waals surface area contributed by atoms with Gasteiger partial charge < -0.3 is 16.4 Å². The Labute approximate surface area is 115 Å². The quantitative estimate of drug-likeness (QED) is 0.553. The molecule has 1 fully saturated rings. The predicted molar refractivity (Wildman–Crippen MR) is 74.6 cm³/mol. The molecular formula is C13H16N4O3. The second kappa shape index (κ2) is 4.75. The van der Waals surface area contributed by atoms with E-state index < -0.39 is 4.92 Å². The number of nitro groups is 1. The van der Waals surface area contributed by atoms with E-state index >= 15 is 0 Å². The van der Waals surface area contributed by atoms with Gasteiger partial charge in [-0.2, -0.15) is 0 Å². The van der Waals surface area contributed by atoms with Gasteiger partial charge in [-0.3, -0.25) is 14.9 Å². The lowest BCUT2D eigenvalue weighted by Crippen LogP contribution is -2.31. The van der Waals surface area contributed by atoms with Gasteiger partial charge in [-0.25, -0.2) is 0 Å². The molecule has 1 amide bonds. The normalized spacial score (nSPS) is 18.4. The molecule has 7 nitrogen and oxygen atoms in total. The van der Waals surface area contributed by atoms with E-state index in [0.29, 0.717) is 29.4 Å². The number of rotatable bonds is 5. The maximum absolute atomic E-state index is 11.3. The number of hydrogen-bond acceptors (Lipinski definition) is 5. The zero-order chi connectivity index (χ0) is 14.3. The van der Waals surface area contributed by atoms with E-state index in [9.17, 15) is 14.9 Å². The fraction of sp³-hybridized carbons (Fsp3) is 0.462. The molecule has 0 spiro atoms. The summed E-state index contributed by atoms with van der Waals surface area (Å²) in [4.78, 5) is 22.0. The number of amides is 1. The minimum absolute atomic E-state index is 0.0109. The molecule has 3 rings (SSSR count). The van der Waals surface area contributed by atoms with Crippen molar-refractivity contribution in [3.8, 4) is 0 Å². The van der Waals surface area contributed by atoms with Crippen molar-refractivity contribution in [3.63, 3.8) is 0 Å². The van der Waals surface area contributed by atoms with Gasteiger partial charge in [0.2, 0.25) is 5.91 Å². The molecule has 1 aliphatic carbocycles. The Hall–Kier alpha value is -2.15. The van der Waals surface area contributed by atoms with Crippen LogP contribution in [0.3, 0.4) is 0 Å². The van der Waals surface area contributed by atoms with Crippen molar-refractivity contribution in [3.05, 3.63) is 27.8 Å². The van der Waals surface area contributed by atoms with Crippen molar-refractivity contribution in [1.29, 1.82) is 0 Å². The van der Waals surface area contributed by atoms with Gasteiger partial charge >= 0.3 is 0 Å². The van der Waals surface area contributed by atoms with Gasteiger partial charge in [0, 0.05) is 24.3 Å². The third-order valence-corrected chi connectivity index (χ3v) is 3.80. The largest absolute Gasteiger partial charge is 0.378 e. The lowest BCUT2D eigenvalue weighted by Gasteiger charge is -2.13. The summed E-state index contributed by atoms with van der Waals surface area (Å²) in [6.45, 7) is 0.498. The molecule has 1 aliphatic heterocycles. The number of nitro benzene ring substituents is 1. The van der Waals surface area contributed by atoms with E-state index in [1.54, 1.807) is 6.07 Å². The molecule has 1 heterocycles. The molecule has 1 atom stereocenters. The van der Waals surface area contributed by atoms with E-state index in [-0.39, 0.29) is 24.1 Å². The number of carbonyl (C=O) groups excluding carboxylic acids is 1. The van der Waals surface area contributed by atoms with Crippen molar-refractivity contribution < 1.29 is 9.72 Å². The highest BCUT2D eigenvalue weighted by molar-refractivity contribution is 6.00. The zero-order valence-electron chi connectivity index (χ0n) is 10.9. The predicted octanol–water partition coefficient (Wildman–Crippen LogP) is 1.24. The van der Waals surface area contributed by atoms with Crippen LogP contribution in [-0.2, 0) is 11.2 Å². The van der Waals surface area contributed by atoms with Crippen LogP contribution in [0.15, 0.2) is 12.1 Å². The van der Waals surface area contributed by atoms with Crippen molar-refractivity contribution in [1.82, 2.24) is 0 Å². The fourth-order valence-corrected chi connectivity index (χ4v) is 2.47. The summed E-state index contributed by atoms with van der Waals surface area (Å²) in [5.41, 5.74) is 7.69.